The van der Waals surface area contributed by atoms with Crippen LogP contribution in [0.15, 0.2) is 72.8 Å². The number of hydrogen-bond donors (Lipinski definition) is 0. The number of ketones is 1. The number of carbonyl (C=O) groups excluding carboxylic acids is 1. The second kappa shape index (κ2) is 4.56. The summed E-state index contributed by atoms with van der Waals surface area (Å²) in [7, 11) is 0. The Morgan fingerprint density at radius 1 is 0.600 bits per heavy atom. The molecular weight excluding hydrogens is 324 g/mol. The van der Waals surface area contributed by atoms with E-state index < -0.39 is 0 Å². The number of hydrogen-bond acceptors (Lipinski definition) is 2. The van der Waals surface area contributed by atoms with Gasteiger partial charge in [-0.15, -0.1) is 11.3 Å². The highest BCUT2D eigenvalue weighted by Gasteiger charge is 2.27. The number of benzene rings is 4. The summed E-state index contributed by atoms with van der Waals surface area (Å²) in [4.78, 5) is 12.8. The second-order valence-corrected chi connectivity index (χ2v) is 7.61. The van der Waals surface area contributed by atoms with Crippen molar-refractivity contribution in [1.29, 1.82) is 0 Å². The van der Waals surface area contributed by atoms with Crippen molar-refractivity contribution in [2.45, 2.75) is 0 Å². The molecule has 0 amide bonds. The molecule has 0 unspecified atom stereocenters. The molecule has 4 aromatic carbocycles. The molecule has 0 saturated carbocycles. The first-order valence-corrected chi connectivity index (χ1v) is 9.15. The highest BCUT2D eigenvalue weighted by molar-refractivity contribution is 7.26. The summed E-state index contributed by atoms with van der Waals surface area (Å²) in [6, 6.07) is 25.1. The fourth-order valence-corrected chi connectivity index (χ4v) is 5.19. The number of carbonyl (C=O) groups is 1. The Labute approximate surface area is 148 Å². The first-order chi connectivity index (χ1) is 12.3. The molecule has 116 valence electrons. The molecule has 6 rings (SSSR count). The third-order valence-electron chi connectivity index (χ3n) is 5.20. The van der Waals surface area contributed by atoms with Crippen molar-refractivity contribution in [2.75, 3.05) is 0 Å². The van der Waals surface area contributed by atoms with Gasteiger partial charge in [-0.3, -0.25) is 4.79 Å². The van der Waals surface area contributed by atoms with Crippen LogP contribution in [0.2, 0.25) is 0 Å². The summed E-state index contributed by atoms with van der Waals surface area (Å²) in [6.45, 7) is 0. The van der Waals surface area contributed by atoms with Crippen molar-refractivity contribution in [1.82, 2.24) is 0 Å². The quantitative estimate of drug-likeness (QED) is 0.313. The predicted octanol–water partition coefficient (Wildman–Crippen LogP) is 6.42. The summed E-state index contributed by atoms with van der Waals surface area (Å²) < 4.78 is 2.60. The zero-order valence-corrected chi connectivity index (χ0v) is 14.1. The molecule has 0 fully saturated rings. The minimum absolute atomic E-state index is 0.141. The summed E-state index contributed by atoms with van der Waals surface area (Å²) in [6.07, 6.45) is 0. The minimum Gasteiger partial charge on any atom is -0.289 e. The SMILES string of the molecule is O=C1c2ccccc2-c2cc3c(ccc4sc5ccccc5c43)cc21. The summed E-state index contributed by atoms with van der Waals surface area (Å²) in [5.41, 5.74) is 3.77. The maximum Gasteiger partial charge on any atom is 0.194 e. The third kappa shape index (κ3) is 1.65. The first-order valence-electron chi connectivity index (χ1n) is 8.33. The van der Waals surface area contributed by atoms with E-state index in [0.29, 0.717) is 0 Å². The van der Waals surface area contributed by atoms with Gasteiger partial charge in [0.05, 0.1) is 0 Å². The van der Waals surface area contributed by atoms with Gasteiger partial charge in [-0.05, 0) is 46.2 Å². The topological polar surface area (TPSA) is 17.1 Å². The van der Waals surface area contributed by atoms with Crippen molar-refractivity contribution in [2.24, 2.45) is 0 Å². The van der Waals surface area contributed by atoms with Gasteiger partial charge in [0, 0.05) is 31.3 Å². The van der Waals surface area contributed by atoms with Gasteiger partial charge < -0.3 is 0 Å². The van der Waals surface area contributed by atoms with Crippen LogP contribution in [-0.2, 0) is 0 Å². The van der Waals surface area contributed by atoms with Crippen LogP contribution in [0.3, 0.4) is 0 Å². The van der Waals surface area contributed by atoms with Crippen LogP contribution in [0.25, 0.3) is 42.1 Å². The van der Waals surface area contributed by atoms with Crippen LogP contribution in [0.5, 0.6) is 0 Å². The lowest BCUT2D eigenvalue weighted by atomic mass is 9.97. The van der Waals surface area contributed by atoms with E-state index in [0.717, 1.165) is 27.6 Å². The average molecular weight is 336 g/mol. The van der Waals surface area contributed by atoms with E-state index in [1.54, 1.807) is 0 Å². The van der Waals surface area contributed by atoms with Gasteiger partial charge in [-0.25, -0.2) is 0 Å². The molecule has 1 aromatic heterocycles. The standard InChI is InChI=1S/C23H12OS/c24-23-15-6-2-1-5-14(15)18-12-17-13(11-19(18)23)9-10-21-22(17)16-7-3-4-8-20(16)25-21/h1-12H. The molecule has 1 heterocycles. The molecule has 0 spiro atoms. The zero-order chi connectivity index (χ0) is 16.5. The van der Waals surface area contributed by atoms with Crippen molar-refractivity contribution >= 4 is 48.1 Å². The highest BCUT2D eigenvalue weighted by Crippen LogP contribution is 2.43. The van der Waals surface area contributed by atoms with E-state index in [4.69, 9.17) is 0 Å². The van der Waals surface area contributed by atoms with E-state index in [2.05, 4.69) is 54.6 Å². The van der Waals surface area contributed by atoms with E-state index >= 15 is 0 Å². The molecule has 0 saturated heterocycles. The maximum atomic E-state index is 12.8. The smallest absolute Gasteiger partial charge is 0.194 e. The molecule has 0 atom stereocenters. The first kappa shape index (κ1) is 13.3. The second-order valence-electron chi connectivity index (χ2n) is 6.53. The Bertz CT molecular complexity index is 1360. The fraction of sp³-hybridized carbons (Fsp3) is 0. The normalized spacial score (nSPS) is 12.9. The maximum absolute atomic E-state index is 12.8. The van der Waals surface area contributed by atoms with Crippen LogP contribution in [0, 0.1) is 0 Å². The number of thiophene rings is 1. The van der Waals surface area contributed by atoms with Gasteiger partial charge in [-0.2, -0.15) is 0 Å². The molecule has 0 N–H and O–H groups in total. The van der Waals surface area contributed by atoms with Gasteiger partial charge in [-0.1, -0.05) is 48.5 Å². The fourth-order valence-electron chi connectivity index (χ4n) is 4.07. The largest absolute Gasteiger partial charge is 0.289 e. The minimum atomic E-state index is 0.141. The van der Waals surface area contributed by atoms with Gasteiger partial charge in [0.2, 0.25) is 0 Å². The van der Waals surface area contributed by atoms with Crippen molar-refractivity contribution in [3.05, 3.63) is 83.9 Å². The third-order valence-corrected chi connectivity index (χ3v) is 6.34. The Morgan fingerprint density at radius 2 is 1.40 bits per heavy atom. The molecule has 1 nitrogen and oxygen atoms in total. The summed E-state index contributed by atoms with van der Waals surface area (Å²) in [5, 5.41) is 4.97. The summed E-state index contributed by atoms with van der Waals surface area (Å²) >= 11 is 1.83. The van der Waals surface area contributed by atoms with Crippen LogP contribution in [0.1, 0.15) is 15.9 Å². The van der Waals surface area contributed by atoms with Crippen LogP contribution in [0.4, 0.5) is 0 Å². The Balaban J connectivity index is 1.82. The monoisotopic (exact) mass is 336 g/mol. The molecule has 0 bridgehead atoms. The molecule has 0 aliphatic heterocycles. The van der Waals surface area contributed by atoms with Crippen LogP contribution < -0.4 is 0 Å². The van der Waals surface area contributed by atoms with E-state index in [9.17, 15) is 4.79 Å². The zero-order valence-electron chi connectivity index (χ0n) is 13.2. The molecule has 1 aliphatic carbocycles. The lowest BCUT2D eigenvalue weighted by molar-refractivity contribution is 0.104. The molecular formula is C23H12OS. The van der Waals surface area contributed by atoms with Gasteiger partial charge in [0.15, 0.2) is 5.78 Å². The van der Waals surface area contributed by atoms with Gasteiger partial charge in [0.25, 0.3) is 0 Å². The van der Waals surface area contributed by atoms with Crippen LogP contribution >= 0.6 is 11.3 Å². The molecule has 1 aliphatic rings. The number of rotatable bonds is 0. The van der Waals surface area contributed by atoms with Crippen LogP contribution in [-0.4, -0.2) is 5.78 Å². The van der Waals surface area contributed by atoms with E-state index in [-0.39, 0.29) is 5.78 Å². The predicted molar refractivity (Wildman–Crippen MR) is 106 cm³/mol. The Hall–Kier alpha value is -2.97. The Morgan fingerprint density at radius 3 is 2.32 bits per heavy atom. The lowest BCUT2D eigenvalue weighted by Crippen LogP contribution is -1.94. The molecule has 0 radical (unpaired) electrons. The Kier molecular flexibility index (Phi) is 2.43. The average Bonchev–Trinajstić information content (AvgIpc) is 3.17. The van der Waals surface area contributed by atoms with Crippen molar-refractivity contribution in [3.8, 4) is 11.1 Å². The molecule has 5 aromatic rings. The van der Waals surface area contributed by atoms with Crippen molar-refractivity contribution in [3.63, 3.8) is 0 Å². The molecule has 25 heavy (non-hydrogen) atoms. The van der Waals surface area contributed by atoms with E-state index in [1.165, 1.54) is 25.6 Å². The highest BCUT2D eigenvalue weighted by atomic mass is 32.1. The molecule has 2 heteroatoms. The van der Waals surface area contributed by atoms with E-state index in [1.807, 2.05) is 29.5 Å². The summed E-state index contributed by atoms with van der Waals surface area (Å²) in [5.74, 6) is 0.141. The van der Waals surface area contributed by atoms with Gasteiger partial charge in [0.1, 0.15) is 0 Å². The number of fused-ring (bicyclic) bond motifs is 8. The lowest BCUT2D eigenvalue weighted by Gasteiger charge is -2.05. The van der Waals surface area contributed by atoms with Crippen molar-refractivity contribution < 1.29 is 4.79 Å². The van der Waals surface area contributed by atoms with Gasteiger partial charge >= 0.3 is 0 Å².